The molecule has 3 atom stereocenters. The Labute approximate surface area is 107 Å². The Hall–Kier alpha value is -0.260. The summed E-state index contributed by atoms with van der Waals surface area (Å²) in [4.78, 5) is 11.9. The third kappa shape index (κ3) is 2.95. The van der Waals surface area contributed by atoms with Crippen LogP contribution in [-0.2, 0) is 4.79 Å². The number of thioether (sulfide) groups is 1. The van der Waals surface area contributed by atoms with Gasteiger partial charge in [0.2, 0.25) is 5.91 Å². The number of carbonyl (C=O) groups is 1. The fourth-order valence-corrected chi connectivity index (χ4v) is 3.32. The van der Waals surface area contributed by atoms with Crippen LogP contribution in [0.4, 0.5) is 0 Å². The summed E-state index contributed by atoms with van der Waals surface area (Å²) in [6.07, 6.45) is 0.956. The van der Waals surface area contributed by atoms with Gasteiger partial charge in [0.25, 0.3) is 0 Å². The third-order valence-corrected chi connectivity index (χ3v) is 5.11. The lowest BCUT2D eigenvalue weighted by molar-refractivity contribution is -0.129. The van der Waals surface area contributed by atoms with Gasteiger partial charge in [0.05, 0.1) is 6.10 Å². The minimum absolute atomic E-state index is 0.106. The minimum atomic E-state index is -0.281. The highest BCUT2D eigenvalue weighted by Crippen LogP contribution is 2.40. The van der Waals surface area contributed by atoms with Crippen molar-refractivity contribution in [3.05, 3.63) is 0 Å². The molecule has 0 radical (unpaired) electrons. The van der Waals surface area contributed by atoms with Crippen LogP contribution in [0.3, 0.4) is 0 Å². The van der Waals surface area contributed by atoms with Crippen LogP contribution in [0.1, 0.15) is 26.7 Å². The molecule has 1 heterocycles. The number of rotatable bonds is 3. The zero-order valence-electron chi connectivity index (χ0n) is 10.5. The molecule has 1 aliphatic carbocycles. The molecule has 0 aromatic carbocycles. The van der Waals surface area contributed by atoms with Crippen molar-refractivity contribution in [2.45, 2.75) is 44.9 Å². The summed E-state index contributed by atoms with van der Waals surface area (Å²) >= 11 is 1.90. The summed E-state index contributed by atoms with van der Waals surface area (Å²) in [5, 5.41) is 16.0. The molecule has 0 bridgehead atoms. The lowest BCUT2D eigenvalue weighted by Gasteiger charge is -2.49. The highest BCUT2D eigenvalue weighted by molar-refractivity contribution is 7.99. The topological polar surface area (TPSA) is 61.4 Å². The summed E-state index contributed by atoms with van der Waals surface area (Å²) in [6, 6.07) is 0.433. The van der Waals surface area contributed by atoms with Crippen molar-refractivity contribution in [1.29, 1.82) is 0 Å². The van der Waals surface area contributed by atoms with E-state index < -0.39 is 0 Å². The molecule has 3 unspecified atom stereocenters. The highest BCUT2D eigenvalue weighted by atomic mass is 32.2. The van der Waals surface area contributed by atoms with E-state index in [-0.39, 0.29) is 23.5 Å². The number of amides is 1. The van der Waals surface area contributed by atoms with Gasteiger partial charge in [-0.15, -0.1) is 0 Å². The Kier molecular flexibility index (Phi) is 4.00. The Morgan fingerprint density at radius 3 is 2.88 bits per heavy atom. The van der Waals surface area contributed by atoms with Gasteiger partial charge in [0.1, 0.15) is 0 Å². The quantitative estimate of drug-likeness (QED) is 0.684. The van der Waals surface area contributed by atoms with Gasteiger partial charge in [-0.05, 0) is 6.42 Å². The number of hydrogen-bond donors (Lipinski definition) is 3. The molecule has 2 fully saturated rings. The van der Waals surface area contributed by atoms with Crippen molar-refractivity contribution in [2.24, 2.45) is 5.41 Å². The smallest absolute Gasteiger partial charge is 0.221 e. The molecule has 3 N–H and O–H groups in total. The second-order valence-corrected chi connectivity index (χ2v) is 6.77. The van der Waals surface area contributed by atoms with E-state index in [0.29, 0.717) is 18.9 Å². The van der Waals surface area contributed by atoms with Gasteiger partial charge < -0.3 is 15.7 Å². The average molecular weight is 258 g/mol. The first-order chi connectivity index (χ1) is 8.00. The lowest BCUT2D eigenvalue weighted by atomic mass is 9.64. The zero-order chi connectivity index (χ0) is 12.5. The van der Waals surface area contributed by atoms with Gasteiger partial charge in [-0.3, -0.25) is 4.79 Å². The summed E-state index contributed by atoms with van der Waals surface area (Å²) in [6.45, 7) is 5.00. The van der Waals surface area contributed by atoms with Crippen molar-refractivity contribution in [3.63, 3.8) is 0 Å². The molecule has 17 heavy (non-hydrogen) atoms. The van der Waals surface area contributed by atoms with Crippen LogP contribution in [0.2, 0.25) is 0 Å². The first-order valence-electron chi connectivity index (χ1n) is 6.28. The van der Waals surface area contributed by atoms with Gasteiger partial charge >= 0.3 is 0 Å². The Morgan fingerprint density at radius 1 is 1.59 bits per heavy atom. The van der Waals surface area contributed by atoms with Gasteiger partial charge in [0.15, 0.2) is 0 Å². The molecule has 0 aromatic rings. The predicted octanol–water partition coefficient (Wildman–Crippen LogP) is 0.357. The molecule has 0 spiro atoms. The number of aliphatic hydroxyl groups excluding tert-OH is 1. The van der Waals surface area contributed by atoms with Gasteiger partial charge in [-0.25, -0.2) is 0 Å². The first kappa shape index (κ1) is 13.2. The molecule has 2 rings (SSSR count). The Balaban J connectivity index is 1.74. The van der Waals surface area contributed by atoms with E-state index in [9.17, 15) is 9.90 Å². The van der Waals surface area contributed by atoms with E-state index >= 15 is 0 Å². The maximum absolute atomic E-state index is 11.9. The summed E-state index contributed by atoms with van der Waals surface area (Å²) < 4.78 is 0. The van der Waals surface area contributed by atoms with E-state index in [2.05, 4.69) is 10.6 Å². The van der Waals surface area contributed by atoms with Crippen molar-refractivity contribution < 1.29 is 9.90 Å². The molecule has 5 heteroatoms. The lowest BCUT2D eigenvalue weighted by Crippen LogP contribution is -2.61. The summed E-state index contributed by atoms with van der Waals surface area (Å²) in [7, 11) is 0. The zero-order valence-corrected chi connectivity index (χ0v) is 11.3. The fraction of sp³-hybridized carbons (Fsp3) is 0.917. The van der Waals surface area contributed by atoms with Crippen LogP contribution in [-0.4, -0.2) is 47.3 Å². The van der Waals surface area contributed by atoms with Gasteiger partial charge in [-0.2, -0.15) is 11.8 Å². The number of nitrogens with one attached hydrogen (secondary N) is 2. The van der Waals surface area contributed by atoms with Crippen LogP contribution in [0, 0.1) is 5.41 Å². The largest absolute Gasteiger partial charge is 0.392 e. The van der Waals surface area contributed by atoms with Crippen molar-refractivity contribution in [3.8, 4) is 0 Å². The van der Waals surface area contributed by atoms with Crippen molar-refractivity contribution in [2.75, 3.05) is 18.1 Å². The molecular formula is C12H22N2O2S. The predicted molar refractivity (Wildman–Crippen MR) is 70.1 cm³/mol. The molecule has 98 valence electrons. The molecule has 1 saturated carbocycles. The molecule has 1 saturated heterocycles. The summed E-state index contributed by atoms with van der Waals surface area (Å²) in [5.41, 5.74) is -0.176. The minimum Gasteiger partial charge on any atom is -0.392 e. The van der Waals surface area contributed by atoms with Crippen molar-refractivity contribution in [1.82, 2.24) is 10.6 Å². The fourth-order valence-electron chi connectivity index (χ4n) is 2.38. The molecule has 0 aromatic heterocycles. The summed E-state index contributed by atoms with van der Waals surface area (Å²) in [5.74, 6) is 2.26. The van der Waals surface area contributed by atoms with Crippen LogP contribution in [0.25, 0.3) is 0 Å². The maximum Gasteiger partial charge on any atom is 0.221 e. The Morgan fingerprint density at radius 2 is 2.35 bits per heavy atom. The Bertz CT molecular complexity index is 290. The van der Waals surface area contributed by atoms with Crippen LogP contribution < -0.4 is 10.6 Å². The van der Waals surface area contributed by atoms with E-state index in [0.717, 1.165) is 18.1 Å². The molecule has 1 aliphatic heterocycles. The van der Waals surface area contributed by atoms with Crippen LogP contribution in [0.15, 0.2) is 0 Å². The third-order valence-electron chi connectivity index (χ3n) is 3.98. The number of aliphatic hydroxyl groups is 1. The average Bonchev–Trinajstić information content (AvgIpc) is 2.30. The number of hydrogen-bond acceptors (Lipinski definition) is 4. The first-order valence-corrected chi connectivity index (χ1v) is 7.44. The van der Waals surface area contributed by atoms with E-state index in [1.54, 1.807) is 0 Å². The second-order valence-electron chi connectivity index (χ2n) is 5.62. The molecule has 2 aliphatic rings. The van der Waals surface area contributed by atoms with Gasteiger partial charge in [-0.1, -0.05) is 13.8 Å². The highest BCUT2D eigenvalue weighted by Gasteiger charge is 2.47. The molecular weight excluding hydrogens is 236 g/mol. The second kappa shape index (κ2) is 5.16. The van der Waals surface area contributed by atoms with Crippen molar-refractivity contribution >= 4 is 17.7 Å². The maximum atomic E-state index is 11.9. The SMILES string of the molecule is CC1(C)C(O)CC1NC(=O)CC1CSCCN1. The van der Waals surface area contributed by atoms with E-state index in [4.69, 9.17) is 0 Å². The van der Waals surface area contributed by atoms with Crippen LogP contribution in [0.5, 0.6) is 0 Å². The van der Waals surface area contributed by atoms with Gasteiger partial charge in [0, 0.05) is 42.0 Å². The van der Waals surface area contributed by atoms with E-state index in [1.165, 1.54) is 0 Å². The normalized spacial score (nSPS) is 36.1. The molecule has 1 amide bonds. The standard InChI is InChI=1S/C12H22N2O2S/c1-12(2)9(6-10(12)15)14-11(16)5-8-7-17-4-3-13-8/h8-10,13,15H,3-7H2,1-2H3,(H,14,16). The monoisotopic (exact) mass is 258 g/mol. The molecule has 4 nitrogen and oxygen atoms in total. The van der Waals surface area contributed by atoms with Crippen LogP contribution >= 0.6 is 11.8 Å². The number of carbonyl (C=O) groups excluding carboxylic acids is 1. The van der Waals surface area contributed by atoms with E-state index in [1.807, 2.05) is 25.6 Å².